The van der Waals surface area contributed by atoms with Crippen LogP contribution in [0.25, 0.3) is 0 Å². The molecular weight excluding hydrogens is 272 g/mol. The Balaban J connectivity index is 2.65. The number of aromatic hydroxyl groups is 1. The molecule has 0 radical (unpaired) electrons. The zero-order chi connectivity index (χ0) is 16.0. The number of phenolic OH excluding ortho intramolecular Hbond substituents is 1. The van der Waals surface area contributed by atoms with E-state index in [1.54, 1.807) is 13.1 Å². The molecule has 0 aromatic heterocycles. The van der Waals surface area contributed by atoms with Crippen molar-refractivity contribution in [3.63, 3.8) is 0 Å². The van der Waals surface area contributed by atoms with Crippen molar-refractivity contribution in [1.82, 2.24) is 10.2 Å². The van der Waals surface area contributed by atoms with Crippen LogP contribution in [0.3, 0.4) is 0 Å². The smallest absolute Gasteiger partial charge is 0.254 e. The number of ether oxygens (including phenoxy) is 1. The highest BCUT2D eigenvalue weighted by molar-refractivity contribution is 5.96. The molecule has 0 bridgehead atoms. The highest BCUT2D eigenvalue weighted by Crippen LogP contribution is 2.26. The number of methoxy groups -OCH3 is 1. The normalized spacial score (nSPS) is 10.3. The maximum atomic E-state index is 12.2. The molecule has 0 aliphatic heterocycles. The van der Waals surface area contributed by atoms with E-state index >= 15 is 0 Å². The Bertz CT molecular complexity index is 514. The lowest BCUT2D eigenvalue weighted by Gasteiger charge is -2.17. The van der Waals surface area contributed by atoms with E-state index in [4.69, 9.17) is 4.74 Å². The van der Waals surface area contributed by atoms with Crippen LogP contribution < -0.4 is 10.1 Å². The largest absolute Gasteiger partial charge is 0.504 e. The average Bonchev–Trinajstić information content (AvgIpc) is 2.44. The predicted octanol–water partition coefficient (Wildman–Crippen LogP) is 1.24. The van der Waals surface area contributed by atoms with Gasteiger partial charge in [0.25, 0.3) is 5.91 Å². The summed E-state index contributed by atoms with van der Waals surface area (Å²) in [6.07, 6.45) is 0. The molecule has 0 saturated heterocycles. The molecule has 1 rings (SSSR count). The minimum absolute atomic E-state index is 0.0294. The molecule has 1 aromatic carbocycles. The zero-order valence-electron chi connectivity index (χ0n) is 12.8. The van der Waals surface area contributed by atoms with Gasteiger partial charge in [-0.05, 0) is 24.1 Å². The third-order valence-electron chi connectivity index (χ3n) is 2.86. The first kappa shape index (κ1) is 16.8. The molecule has 0 aliphatic rings. The highest BCUT2D eigenvalue weighted by atomic mass is 16.5. The van der Waals surface area contributed by atoms with Gasteiger partial charge in [-0.2, -0.15) is 0 Å². The van der Waals surface area contributed by atoms with Crippen molar-refractivity contribution >= 4 is 11.8 Å². The van der Waals surface area contributed by atoms with Gasteiger partial charge in [-0.15, -0.1) is 0 Å². The van der Waals surface area contributed by atoms with Gasteiger partial charge >= 0.3 is 0 Å². The van der Waals surface area contributed by atoms with Gasteiger partial charge in [0.2, 0.25) is 5.91 Å². The Kier molecular flexibility index (Phi) is 6.02. The van der Waals surface area contributed by atoms with Crippen molar-refractivity contribution in [1.29, 1.82) is 0 Å². The number of benzene rings is 1. The van der Waals surface area contributed by atoms with Gasteiger partial charge < -0.3 is 20.1 Å². The van der Waals surface area contributed by atoms with Gasteiger partial charge in [0.05, 0.1) is 13.7 Å². The number of phenols is 1. The Hall–Kier alpha value is -2.24. The van der Waals surface area contributed by atoms with Crippen molar-refractivity contribution in [2.24, 2.45) is 5.92 Å². The van der Waals surface area contributed by atoms with Crippen LogP contribution in [0.15, 0.2) is 18.2 Å². The molecule has 0 unspecified atom stereocenters. The maximum absolute atomic E-state index is 12.2. The lowest BCUT2D eigenvalue weighted by atomic mass is 10.1. The minimum Gasteiger partial charge on any atom is -0.504 e. The molecule has 0 fully saturated rings. The van der Waals surface area contributed by atoms with Crippen molar-refractivity contribution in [3.05, 3.63) is 23.8 Å². The molecule has 2 amide bonds. The standard InChI is InChI=1S/C15H22N2O4/c1-10(2)8-16-14(19)9-17(3)15(20)11-5-6-13(21-4)12(18)7-11/h5-7,10,18H,8-9H2,1-4H3,(H,16,19). The molecule has 0 atom stereocenters. The van der Waals surface area contributed by atoms with Crippen LogP contribution in [-0.2, 0) is 4.79 Å². The number of carbonyl (C=O) groups is 2. The Morgan fingerprint density at radius 2 is 2.05 bits per heavy atom. The third kappa shape index (κ3) is 4.98. The minimum atomic E-state index is -0.340. The fourth-order valence-corrected chi connectivity index (χ4v) is 1.70. The maximum Gasteiger partial charge on any atom is 0.254 e. The monoisotopic (exact) mass is 294 g/mol. The second-order valence-electron chi connectivity index (χ2n) is 5.25. The number of carbonyl (C=O) groups excluding carboxylic acids is 2. The van der Waals surface area contributed by atoms with Crippen LogP contribution in [0.2, 0.25) is 0 Å². The summed E-state index contributed by atoms with van der Waals surface area (Å²) < 4.78 is 4.92. The first-order chi connectivity index (χ1) is 9.85. The summed E-state index contributed by atoms with van der Waals surface area (Å²) in [7, 11) is 2.97. The number of nitrogens with zero attached hydrogens (tertiary/aromatic N) is 1. The lowest BCUT2D eigenvalue weighted by molar-refractivity contribution is -0.121. The number of rotatable bonds is 6. The van der Waals surface area contributed by atoms with E-state index in [9.17, 15) is 14.7 Å². The van der Waals surface area contributed by atoms with Gasteiger partial charge in [-0.3, -0.25) is 9.59 Å². The van der Waals surface area contributed by atoms with E-state index in [1.165, 1.54) is 24.1 Å². The summed E-state index contributed by atoms with van der Waals surface area (Å²) in [4.78, 5) is 25.2. The SMILES string of the molecule is COc1ccc(C(=O)N(C)CC(=O)NCC(C)C)cc1O. The van der Waals surface area contributed by atoms with Crippen LogP contribution in [0, 0.1) is 5.92 Å². The second-order valence-corrected chi connectivity index (χ2v) is 5.25. The second kappa shape index (κ2) is 7.52. The summed E-state index contributed by atoms with van der Waals surface area (Å²) in [5.41, 5.74) is 0.299. The number of nitrogens with one attached hydrogen (secondary N) is 1. The Morgan fingerprint density at radius 1 is 1.38 bits per heavy atom. The van der Waals surface area contributed by atoms with Gasteiger partial charge in [0.15, 0.2) is 11.5 Å². The zero-order valence-corrected chi connectivity index (χ0v) is 12.8. The van der Waals surface area contributed by atoms with Gasteiger partial charge in [-0.25, -0.2) is 0 Å². The highest BCUT2D eigenvalue weighted by Gasteiger charge is 2.16. The van der Waals surface area contributed by atoms with E-state index in [0.717, 1.165) is 0 Å². The molecule has 2 N–H and O–H groups in total. The Labute approximate surface area is 124 Å². The fraction of sp³-hybridized carbons (Fsp3) is 0.467. The van der Waals surface area contributed by atoms with E-state index in [1.807, 2.05) is 13.8 Å². The molecule has 6 nitrogen and oxygen atoms in total. The quantitative estimate of drug-likeness (QED) is 0.827. The van der Waals surface area contributed by atoms with Gasteiger partial charge in [-0.1, -0.05) is 13.8 Å². The summed E-state index contributed by atoms with van der Waals surface area (Å²) in [6, 6.07) is 4.38. The van der Waals surface area contributed by atoms with Crippen LogP contribution in [0.1, 0.15) is 24.2 Å². The predicted molar refractivity (Wildman–Crippen MR) is 79.5 cm³/mol. The summed E-state index contributed by atoms with van der Waals surface area (Å²) in [5, 5.41) is 12.4. The van der Waals surface area contributed by atoms with E-state index in [2.05, 4.69) is 5.32 Å². The topological polar surface area (TPSA) is 78.9 Å². The van der Waals surface area contributed by atoms with E-state index in [-0.39, 0.29) is 24.1 Å². The molecule has 6 heteroatoms. The molecule has 0 saturated carbocycles. The van der Waals surface area contributed by atoms with Crippen LogP contribution in [-0.4, -0.2) is 49.1 Å². The Morgan fingerprint density at radius 3 is 2.57 bits per heavy atom. The number of amides is 2. The van der Waals surface area contributed by atoms with Crippen LogP contribution >= 0.6 is 0 Å². The van der Waals surface area contributed by atoms with E-state index in [0.29, 0.717) is 23.8 Å². The molecule has 21 heavy (non-hydrogen) atoms. The van der Waals surface area contributed by atoms with Crippen molar-refractivity contribution < 1.29 is 19.4 Å². The summed E-state index contributed by atoms with van der Waals surface area (Å²) in [5.74, 6) is -0.0108. The van der Waals surface area contributed by atoms with Crippen molar-refractivity contribution in [2.45, 2.75) is 13.8 Å². The number of likely N-dealkylation sites (N-methyl/N-ethyl adjacent to an activating group) is 1. The molecule has 1 aromatic rings. The first-order valence-corrected chi connectivity index (χ1v) is 6.74. The molecule has 116 valence electrons. The van der Waals surface area contributed by atoms with Crippen LogP contribution in [0.5, 0.6) is 11.5 Å². The number of hydrogen-bond donors (Lipinski definition) is 2. The summed E-state index contributed by atoms with van der Waals surface area (Å²) in [6.45, 7) is 4.53. The van der Waals surface area contributed by atoms with Gasteiger partial charge in [0, 0.05) is 19.2 Å². The number of hydrogen-bond acceptors (Lipinski definition) is 4. The molecular formula is C15H22N2O4. The van der Waals surface area contributed by atoms with E-state index < -0.39 is 0 Å². The average molecular weight is 294 g/mol. The van der Waals surface area contributed by atoms with Crippen LogP contribution in [0.4, 0.5) is 0 Å². The van der Waals surface area contributed by atoms with Crippen molar-refractivity contribution in [3.8, 4) is 11.5 Å². The molecule has 0 heterocycles. The van der Waals surface area contributed by atoms with Crippen molar-refractivity contribution in [2.75, 3.05) is 27.2 Å². The lowest BCUT2D eigenvalue weighted by Crippen LogP contribution is -2.39. The summed E-state index contributed by atoms with van der Waals surface area (Å²) >= 11 is 0. The first-order valence-electron chi connectivity index (χ1n) is 6.74. The fourth-order valence-electron chi connectivity index (χ4n) is 1.70. The van der Waals surface area contributed by atoms with Gasteiger partial charge in [0.1, 0.15) is 0 Å². The third-order valence-corrected chi connectivity index (χ3v) is 2.86. The molecule has 0 aliphatic carbocycles. The molecule has 0 spiro atoms.